The topological polar surface area (TPSA) is 46.5 Å². The van der Waals surface area contributed by atoms with Gasteiger partial charge in [-0.3, -0.25) is 5.43 Å². The Hall–Kier alpha value is -1.40. The molecule has 0 fully saturated rings. The fourth-order valence-electron chi connectivity index (χ4n) is 2.32. The number of hydrogen-bond acceptors (Lipinski definition) is 5. The van der Waals surface area contributed by atoms with Gasteiger partial charge in [0.2, 0.25) is 5.13 Å². The molecule has 0 saturated carbocycles. The number of rotatable bonds is 4. The highest BCUT2D eigenvalue weighted by Crippen LogP contribution is 2.29. The van der Waals surface area contributed by atoms with Crippen LogP contribution < -0.4 is 10.2 Å². The van der Waals surface area contributed by atoms with E-state index in [1.54, 1.807) is 24.7 Å². The number of benzene rings is 1. The highest BCUT2D eigenvalue weighted by atomic mass is 79.9. The standard InChI is InChI=1S/C15H16BrN3OS/c1-20-13-7-6-10(8-11(13)16)9-17-19-15-18-12-4-2-3-5-14(12)21-15/h6-9H,2-5H2,1H3,(H,18,19). The molecule has 3 rings (SSSR count). The Morgan fingerprint density at radius 3 is 3.00 bits per heavy atom. The van der Waals surface area contributed by atoms with Gasteiger partial charge in [-0.15, -0.1) is 11.3 Å². The number of nitrogens with zero attached hydrogens (tertiary/aromatic N) is 2. The van der Waals surface area contributed by atoms with Crippen molar-refractivity contribution in [2.75, 3.05) is 12.5 Å². The highest BCUT2D eigenvalue weighted by Gasteiger charge is 2.14. The number of hydrogen-bond donors (Lipinski definition) is 1. The smallest absolute Gasteiger partial charge is 0.203 e. The summed E-state index contributed by atoms with van der Waals surface area (Å²) >= 11 is 5.18. The molecular weight excluding hydrogens is 350 g/mol. The average Bonchev–Trinajstić information content (AvgIpc) is 2.90. The predicted molar refractivity (Wildman–Crippen MR) is 90.7 cm³/mol. The van der Waals surface area contributed by atoms with Gasteiger partial charge in [-0.25, -0.2) is 4.98 Å². The maximum Gasteiger partial charge on any atom is 0.203 e. The van der Waals surface area contributed by atoms with Crippen LogP contribution in [-0.2, 0) is 12.8 Å². The molecule has 0 unspecified atom stereocenters. The first kappa shape index (κ1) is 14.5. The van der Waals surface area contributed by atoms with Crippen LogP contribution in [0.15, 0.2) is 27.8 Å². The van der Waals surface area contributed by atoms with E-state index in [1.807, 2.05) is 18.2 Å². The fourth-order valence-corrected chi connectivity index (χ4v) is 3.88. The van der Waals surface area contributed by atoms with E-state index in [-0.39, 0.29) is 0 Å². The normalized spacial score (nSPS) is 14.2. The lowest BCUT2D eigenvalue weighted by Gasteiger charge is -2.06. The fraction of sp³-hybridized carbons (Fsp3) is 0.333. The summed E-state index contributed by atoms with van der Waals surface area (Å²) in [5, 5.41) is 5.14. The second-order valence-electron chi connectivity index (χ2n) is 4.86. The lowest BCUT2D eigenvalue weighted by atomic mass is 10.0. The van der Waals surface area contributed by atoms with Gasteiger partial charge in [0.25, 0.3) is 0 Å². The van der Waals surface area contributed by atoms with E-state index in [9.17, 15) is 0 Å². The average molecular weight is 366 g/mol. The first-order valence-corrected chi connectivity index (χ1v) is 8.48. The lowest BCUT2D eigenvalue weighted by Crippen LogP contribution is -1.99. The molecular formula is C15H16BrN3OS. The zero-order valence-corrected chi connectivity index (χ0v) is 14.1. The number of nitrogens with one attached hydrogen (secondary N) is 1. The molecule has 1 aliphatic rings. The molecule has 0 atom stereocenters. The number of methoxy groups -OCH3 is 1. The van der Waals surface area contributed by atoms with Crippen molar-refractivity contribution in [2.45, 2.75) is 25.7 Å². The molecule has 0 radical (unpaired) electrons. The molecule has 4 nitrogen and oxygen atoms in total. The van der Waals surface area contributed by atoms with Gasteiger partial charge in [0, 0.05) is 4.88 Å². The third-order valence-electron chi connectivity index (χ3n) is 3.40. The van der Waals surface area contributed by atoms with Gasteiger partial charge in [0.1, 0.15) is 5.75 Å². The van der Waals surface area contributed by atoms with Crippen LogP contribution in [0.4, 0.5) is 5.13 Å². The number of halogens is 1. The van der Waals surface area contributed by atoms with Crippen molar-refractivity contribution in [1.82, 2.24) is 4.98 Å². The monoisotopic (exact) mass is 365 g/mol. The molecule has 1 aliphatic carbocycles. The van der Waals surface area contributed by atoms with Crippen molar-refractivity contribution in [2.24, 2.45) is 5.10 Å². The molecule has 0 spiro atoms. The van der Waals surface area contributed by atoms with Crippen LogP contribution in [0.3, 0.4) is 0 Å². The van der Waals surface area contributed by atoms with Gasteiger partial charge in [-0.2, -0.15) is 5.10 Å². The summed E-state index contributed by atoms with van der Waals surface area (Å²) in [7, 11) is 1.65. The van der Waals surface area contributed by atoms with E-state index >= 15 is 0 Å². The third kappa shape index (κ3) is 3.44. The van der Waals surface area contributed by atoms with E-state index in [0.717, 1.165) is 33.8 Å². The van der Waals surface area contributed by atoms with E-state index in [4.69, 9.17) is 4.74 Å². The maximum absolute atomic E-state index is 5.20. The van der Waals surface area contributed by atoms with Crippen LogP contribution >= 0.6 is 27.3 Å². The van der Waals surface area contributed by atoms with Crippen LogP contribution in [0.2, 0.25) is 0 Å². The van der Waals surface area contributed by atoms with Gasteiger partial charge in [-0.1, -0.05) is 0 Å². The minimum atomic E-state index is 0.813. The first-order chi connectivity index (χ1) is 10.3. The number of fused-ring (bicyclic) bond motifs is 1. The van der Waals surface area contributed by atoms with E-state index < -0.39 is 0 Å². The van der Waals surface area contributed by atoms with Gasteiger partial charge in [0.05, 0.1) is 23.5 Å². The first-order valence-electron chi connectivity index (χ1n) is 6.87. The van der Waals surface area contributed by atoms with Crippen molar-refractivity contribution in [3.8, 4) is 5.75 Å². The van der Waals surface area contributed by atoms with Crippen LogP contribution in [0, 0.1) is 0 Å². The minimum Gasteiger partial charge on any atom is -0.496 e. The van der Waals surface area contributed by atoms with Crippen molar-refractivity contribution < 1.29 is 4.74 Å². The van der Waals surface area contributed by atoms with Gasteiger partial charge in [0.15, 0.2) is 0 Å². The van der Waals surface area contributed by atoms with E-state index in [1.165, 1.54) is 23.4 Å². The van der Waals surface area contributed by atoms with Crippen LogP contribution in [0.5, 0.6) is 5.75 Å². The number of aryl methyl sites for hydroxylation is 2. The molecule has 110 valence electrons. The molecule has 6 heteroatoms. The van der Waals surface area contributed by atoms with Crippen molar-refractivity contribution in [1.29, 1.82) is 0 Å². The summed E-state index contributed by atoms with van der Waals surface area (Å²) in [5.74, 6) is 0.813. The zero-order valence-electron chi connectivity index (χ0n) is 11.7. The van der Waals surface area contributed by atoms with Crippen molar-refractivity contribution >= 4 is 38.6 Å². The third-order valence-corrected chi connectivity index (χ3v) is 5.08. The number of hydrazone groups is 1. The van der Waals surface area contributed by atoms with Gasteiger partial charge in [-0.05, 0) is 65.4 Å². The molecule has 1 heterocycles. The maximum atomic E-state index is 5.20. The second-order valence-corrected chi connectivity index (χ2v) is 6.80. The molecule has 1 aromatic carbocycles. The molecule has 2 aromatic rings. The minimum absolute atomic E-state index is 0.813. The number of ether oxygens (including phenoxy) is 1. The van der Waals surface area contributed by atoms with Crippen molar-refractivity contribution in [3.63, 3.8) is 0 Å². The second kappa shape index (κ2) is 6.58. The SMILES string of the molecule is COc1ccc(C=NNc2nc3c(s2)CCCC3)cc1Br. The molecule has 1 aromatic heterocycles. The Morgan fingerprint density at radius 2 is 2.24 bits per heavy atom. The van der Waals surface area contributed by atoms with Crippen LogP contribution in [0.1, 0.15) is 29.0 Å². The van der Waals surface area contributed by atoms with E-state index in [2.05, 4.69) is 31.4 Å². The largest absolute Gasteiger partial charge is 0.496 e. The summed E-state index contributed by atoms with van der Waals surface area (Å²) in [5.41, 5.74) is 5.27. The predicted octanol–water partition coefficient (Wildman–Crippen LogP) is 4.24. The molecule has 0 saturated heterocycles. The number of anilines is 1. The van der Waals surface area contributed by atoms with E-state index in [0.29, 0.717) is 0 Å². The Bertz CT molecular complexity index is 645. The summed E-state index contributed by atoms with van der Waals surface area (Å²) in [6, 6.07) is 5.84. The summed E-state index contributed by atoms with van der Waals surface area (Å²) in [4.78, 5) is 6.00. The van der Waals surface area contributed by atoms with Crippen LogP contribution in [0.25, 0.3) is 0 Å². The molecule has 1 N–H and O–H groups in total. The molecule has 0 aliphatic heterocycles. The Balaban J connectivity index is 1.66. The van der Waals surface area contributed by atoms with Gasteiger partial charge < -0.3 is 4.74 Å². The highest BCUT2D eigenvalue weighted by molar-refractivity contribution is 9.10. The Morgan fingerprint density at radius 1 is 1.38 bits per heavy atom. The Kier molecular flexibility index (Phi) is 4.55. The zero-order chi connectivity index (χ0) is 14.7. The lowest BCUT2D eigenvalue weighted by molar-refractivity contribution is 0.412. The Labute approximate surface area is 136 Å². The summed E-state index contributed by atoms with van der Waals surface area (Å²) in [6.45, 7) is 0. The number of aromatic nitrogens is 1. The molecule has 21 heavy (non-hydrogen) atoms. The summed E-state index contributed by atoms with van der Waals surface area (Å²) in [6.07, 6.45) is 6.56. The summed E-state index contributed by atoms with van der Waals surface area (Å²) < 4.78 is 6.12. The molecule has 0 amide bonds. The number of thiazole rings is 1. The molecule has 0 bridgehead atoms. The van der Waals surface area contributed by atoms with Crippen LogP contribution in [-0.4, -0.2) is 18.3 Å². The van der Waals surface area contributed by atoms with Gasteiger partial charge >= 0.3 is 0 Å². The quantitative estimate of drug-likeness (QED) is 0.650. The van der Waals surface area contributed by atoms with Crippen molar-refractivity contribution in [3.05, 3.63) is 38.8 Å².